The predicted octanol–water partition coefficient (Wildman–Crippen LogP) is 2.78. The van der Waals surface area contributed by atoms with Crippen LogP contribution < -0.4 is 5.32 Å². The lowest BCUT2D eigenvalue weighted by molar-refractivity contribution is -0.127. The molecule has 2 aromatic heterocycles. The van der Waals surface area contributed by atoms with E-state index in [9.17, 15) is 9.18 Å². The first-order chi connectivity index (χ1) is 12.2. The molecule has 0 radical (unpaired) electrons. The first kappa shape index (κ1) is 15.3. The minimum Gasteiger partial charge on any atom is -0.361 e. The molecule has 1 aliphatic rings. The number of halogens is 1. The molecule has 3 heterocycles. The Morgan fingerprint density at radius 3 is 3.12 bits per heavy atom. The molecule has 7 heteroatoms. The number of H-pyrrole nitrogens is 1. The van der Waals surface area contributed by atoms with Gasteiger partial charge in [0, 0.05) is 19.3 Å². The molecular weight excluding hydrogens is 321 g/mol. The molecule has 1 aromatic carbocycles. The highest BCUT2D eigenvalue weighted by atomic mass is 19.1. The molecule has 25 heavy (non-hydrogen) atoms. The fourth-order valence-corrected chi connectivity index (χ4v) is 3.21. The zero-order chi connectivity index (χ0) is 17.4. The second-order valence-electron chi connectivity index (χ2n) is 5.93. The lowest BCUT2D eigenvalue weighted by Crippen LogP contribution is -2.39. The molecule has 3 aromatic rings. The van der Waals surface area contributed by atoms with E-state index in [1.165, 1.54) is 24.5 Å². The van der Waals surface area contributed by atoms with Gasteiger partial charge in [-0.2, -0.15) is 0 Å². The van der Waals surface area contributed by atoms with E-state index in [2.05, 4.69) is 26.8 Å². The van der Waals surface area contributed by atoms with Crippen LogP contribution >= 0.6 is 0 Å². The van der Waals surface area contributed by atoms with E-state index in [0.717, 1.165) is 22.2 Å². The molecule has 4 rings (SSSR count). The average molecular weight is 337 g/mol. The van der Waals surface area contributed by atoms with Crippen LogP contribution in [0.2, 0.25) is 0 Å². The maximum absolute atomic E-state index is 13.7. The molecule has 2 N–H and O–H groups in total. The second-order valence-corrected chi connectivity index (χ2v) is 5.93. The summed E-state index contributed by atoms with van der Waals surface area (Å²) in [6, 6.07) is 6.34. The Balaban J connectivity index is 1.73. The quantitative estimate of drug-likeness (QED) is 0.721. The average Bonchev–Trinajstić information content (AvgIpc) is 3.10. The van der Waals surface area contributed by atoms with Crippen molar-refractivity contribution in [3.63, 3.8) is 0 Å². The van der Waals surface area contributed by atoms with Gasteiger partial charge in [0.1, 0.15) is 23.6 Å². The molecule has 0 saturated heterocycles. The van der Waals surface area contributed by atoms with Crippen LogP contribution in [-0.2, 0) is 11.3 Å². The number of carbonyl (C=O) groups is 1. The summed E-state index contributed by atoms with van der Waals surface area (Å²) in [5, 5.41) is 4.23. The summed E-state index contributed by atoms with van der Waals surface area (Å²) in [6.07, 6.45) is 4.54. The van der Waals surface area contributed by atoms with Gasteiger partial charge < -0.3 is 15.2 Å². The zero-order valence-corrected chi connectivity index (χ0v) is 13.4. The van der Waals surface area contributed by atoms with Crippen LogP contribution in [0.3, 0.4) is 0 Å². The topological polar surface area (TPSA) is 73.9 Å². The number of nitrogens with one attached hydrogen (secondary N) is 2. The van der Waals surface area contributed by atoms with Crippen LogP contribution in [0, 0.1) is 5.82 Å². The first-order valence-electron chi connectivity index (χ1n) is 7.90. The standard InChI is InChI=1S/C18H16FN5O/c1-2-16(25)24-8-11-7-12(19)3-4-13(11)15(9-24)23-18-14-5-6-20-17(14)21-10-22-18/h2-7,10,15H,1,8-9H2,(H2,20,21,22,23)/t15-/m0/s1. The van der Waals surface area contributed by atoms with E-state index in [1.807, 2.05) is 6.07 Å². The summed E-state index contributed by atoms with van der Waals surface area (Å²) in [4.78, 5) is 25.3. The summed E-state index contributed by atoms with van der Waals surface area (Å²) >= 11 is 0. The molecular formula is C18H16FN5O. The minimum atomic E-state index is -0.319. The third-order valence-electron chi connectivity index (χ3n) is 4.40. The number of carbonyl (C=O) groups excluding carboxylic acids is 1. The summed E-state index contributed by atoms with van der Waals surface area (Å²) in [5.74, 6) is 0.163. The first-order valence-corrected chi connectivity index (χ1v) is 7.90. The van der Waals surface area contributed by atoms with Gasteiger partial charge in [0.25, 0.3) is 0 Å². The van der Waals surface area contributed by atoms with Gasteiger partial charge in [-0.15, -0.1) is 0 Å². The highest BCUT2D eigenvalue weighted by molar-refractivity contribution is 5.88. The van der Waals surface area contributed by atoms with E-state index >= 15 is 0 Å². The SMILES string of the molecule is C=CC(=O)N1Cc2cc(F)ccc2[C@@H](Nc2ncnc3[nH]ccc23)C1. The molecule has 1 amide bonds. The van der Waals surface area contributed by atoms with Crippen molar-refractivity contribution in [2.45, 2.75) is 12.6 Å². The fraction of sp³-hybridized carbons (Fsp3) is 0.167. The van der Waals surface area contributed by atoms with Crippen molar-refractivity contribution in [1.82, 2.24) is 19.9 Å². The highest BCUT2D eigenvalue weighted by Crippen LogP contribution is 2.31. The lowest BCUT2D eigenvalue weighted by Gasteiger charge is -2.35. The van der Waals surface area contributed by atoms with Crippen LogP contribution in [-0.4, -0.2) is 32.3 Å². The molecule has 0 spiro atoms. The molecule has 1 aliphatic heterocycles. The van der Waals surface area contributed by atoms with E-state index in [0.29, 0.717) is 18.9 Å². The van der Waals surface area contributed by atoms with Crippen molar-refractivity contribution < 1.29 is 9.18 Å². The van der Waals surface area contributed by atoms with Gasteiger partial charge in [0.05, 0.1) is 11.4 Å². The molecule has 0 saturated carbocycles. The molecule has 0 bridgehead atoms. The largest absolute Gasteiger partial charge is 0.361 e. The number of fused-ring (bicyclic) bond motifs is 2. The highest BCUT2D eigenvalue weighted by Gasteiger charge is 2.28. The normalized spacial score (nSPS) is 16.5. The van der Waals surface area contributed by atoms with Gasteiger partial charge in [-0.05, 0) is 35.4 Å². The smallest absolute Gasteiger partial charge is 0.246 e. The van der Waals surface area contributed by atoms with Crippen molar-refractivity contribution in [3.05, 3.63) is 66.4 Å². The molecule has 0 aliphatic carbocycles. The third kappa shape index (κ3) is 2.73. The van der Waals surface area contributed by atoms with Gasteiger partial charge in [-0.1, -0.05) is 12.6 Å². The number of nitrogens with zero attached hydrogens (tertiary/aromatic N) is 3. The molecule has 126 valence electrons. The number of anilines is 1. The maximum Gasteiger partial charge on any atom is 0.246 e. The van der Waals surface area contributed by atoms with E-state index in [-0.39, 0.29) is 17.8 Å². The van der Waals surface area contributed by atoms with Crippen LogP contribution in [0.4, 0.5) is 10.2 Å². The zero-order valence-electron chi connectivity index (χ0n) is 13.4. The summed E-state index contributed by atoms with van der Waals surface area (Å²) in [5.41, 5.74) is 2.46. The third-order valence-corrected chi connectivity index (χ3v) is 4.40. The number of aromatic nitrogens is 3. The Hall–Kier alpha value is -3.22. The molecule has 6 nitrogen and oxygen atoms in total. The Morgan fingerprint density at radius 2 is 2.28 bits per heavy atom. The number of amides is 1. The number of hydrogen-bond acceptors (Lipinski definition) is 4. The molecule has 0 fully saturated rings. The fourth-order valence-electron chi connectivity index (χ4n) is 3.21. The number of aromatic amines is 1. The molecule has 1 atom stereocenters. The summed E-state index contributed by atoms with van der Waals surface area (Å²) in [7, 11) is 0. The van der Waals surface area contributed by atoms with E-state index in [4.69, 9.17) is 0 Å². The monoisotopic (exact) mass is 337 g/mol. The van der Waals surface area contributed by atoms with E-state index in [1.54, 1.807) is 17.2 Å². The van der Waals surface area contributed by atoms with Gasteiger partial charge in [0.15, 0.2) is 0 Å². The van der Waals surface area contributed by atoms with Crippen molar-refractivity contribution in [2.24, 2.45) is 0 Å². The van der Waals surface area contributed by atoms with Crippen molar-refractivity contribution in [3.8, 4) is 0 Å². The maximum atomic E-state index is 13.7. The Labute approximate surface area is 143 Å². The van der Waals surface area contributed by atoms with Crippen LogP contribution in [0.1, 0.15) is 17.2 Å². The van der Waals surface area contributed by atoms with Crippen LogP contribution in [0.15, 0.2) is 49.4 Å². The van der Waals surface area contributed by atoms with Gasteiger partial charge in [-0.3, -0.25) is 4.79 Å². The predicted molar refractivity (Wildman–Crippen MR) is 92.3 cm³/mol. The molecule has 0 unspecified atom stereocenters. The van der Waals surface area contributed by atoms with Gasteiger partial charge >= 0.3 is 0 Å². The van der Waals surface area contributed by atoms with E-state index < -0.39 is 0 Å². The van der Waals surface area contributed by atoms with Crippen LogP contribution in [0.5, 0.6) is 0 Å². The van der Waals surface area contributed by atoms with Crippen molar-refractivity contribution >= 4 is 22.8 Å². The summed E-state index contributed by atoms with van der Waals surface area (Å²) < 4.78 is 13.7. The number of benzene rings is 1. The Bertz CT molecular complexity index is 967. The second kappa shape index (κ2) is 6.01. The number of rotatable bonds is 3. The minimum absolute atomic E-state index is 0.184. The van der Waals surface area contributed by atoms with Crippen molar-refractivity contribution in [2.75, 3.05) is 11.9 Å². The number of hydrogen-bond donors (Lipinski definition) is 2. The van der Waals surface area contributed by atoms with Crippen molar-refractivity contribution in [1.29, 1.82) is 0 Å². The Kier molecular flexibility index (Phi) is 3.68. The Morgan fingerprint density at radius 1 is 1.40 bits per heavy atom. The van der Waals surface area contributed by atoms with Crippen LogP contribution in [0.25, 0.3) is 11.0 Å². The lowest BCUT2D eigenvalue weighted by atomic mass is 9.95. The van der Waals surface area contributed by atoms with Gasteiger partial charge in [-0.25, -0.2) is 14.4 Å². The summed E-state index contributed by atoms with van der Waals surface area (Å²) in [6.45, 7) is 4.35. The van der Waals surface area contributed by atoms with Gasteiger partial charge in [0.2, 0.25) is 5.91 Å².